The lowest BCUT2D eigenvalue weighted by atomic mass is 9.86. The Morgan fingerprint density at radius 1 is 1.33 bits per heavy atom. The molecule has 1 aliphatic rings. The van der Waals surface area contributed by atoms with Gasteiger partial charge in [-0.05, 0) is 31.8 Å². The van der Waals surface area contributed by atoms with Crippen LogP contribution in [-0.4, -0.2) is 25.0 Å². The van der Waals surface area contributed by atoms with Crippen LogP contribution < -0.4 is 0 Å². The fourth-order valence-corrected chi connectivity index (χ4v) is 1.62. The summed E-state index contributed by atoms with van der Waals surface area (Å²) in [5.74, 6) is 0. The van der Waals surface area contributed by atoms with Gasteiger partial charge < -0.3 is 4.90 Å². The van der Waals surface area contributed by atoms with Crippen molar-refractivity contribution in [2.75, 3.05) is 20.1 Å². The van der Waals surface area contributed by atoms with Gasteiger partial charge in [0, 0.05) is 6.54 Å². The maximum Gasteiger partial charge on any atom is 0.0195 e. The molecule has 0 aromatic rings. The normalized spacial score (nSPS) is 21.8. The van der Waals surface area contributed by atoms with E-state index in [4.69, 9.17) is 0 Å². The molecule has 0 atom stereocenters. The molecular weight excluding hydrogens is 146 g/mol. The summed E-state index contributed by atoms with van der Waals surface area (Å²) in [4.78, 5) is 2.42. The molecule has 0 bridgehead atoms. The Morgan fingerprint density at radius 3 is 2.58 bits per heavy atom. The summed E-state index contributed by atoms with van der Waals surface area (Å²) in [5, 5.41) is 0. The molecule has 0 spiro atoms. The van der Waals surface area contributed by atoms with Crippen LogP contribution in [-0.2, 0) is 0 Å². The lowest BCUT2D eigenvalue weighted by Gasteiger charge is -2.25. The molecule has 0 N–H and O–H groups in total. The average Bonchev–Trinajstić information content (AvgIpc) is 2.11. The van der Waals surface area contributed by atoms with Crippen LogP contribution in [0.2, 0.25) is 0 Å². The van der Waals surface area contributed by atoms with Gasteiger partial charge in [-0.2, -0.15) is 0 Å². The lowest BCUT2D eigenvalue weighted by molar-refractivity contribution is 0.338. The van der Waals surface area contributed by atoms with Crippen LogP contribution in [0.1, 0.15) is 33.6 Å². The van der Waals surface area contributed by atoms with E-state index in [9.17, 15) is 0 Å². The van der Waals surface area contributed by atoms with Crippen molar-refractivity contribution in [1.29, 1.82) is 0 Å². The minimum Gasteiger partial charge on any atom is -0.302 e. The summed E-state index contributed by atoms with van der Waals surface area (Å²) in [6.45, 7) is 9.31. The summed E-state index contributed by atoms with van der Waals surface area (Å²) in [6, 6.07) is 0. The van der Waals surface area contributed by atoms with Crippen molar-refractivity contribution in [2.24, 2.45) is 5.41 Å². The van der Waals surface area contributed by atoms with Gasteiger partial charge in [-0.1, -0.05) is 32.4 Å². The molecule has 12 heavy (non-hydrogen) atoms. The molecule has 0 aliphatic carbocycles. The van der Waals surface area contributed by atoms with Gasteiger partial charge in [0.05, 0.1) is 0 Å². The van der Waals surface area contributed by atoms with Crippen LogP contribution in [0.3, 0.4) is 0 Å². The molecule has 1 nitrogen and oxygen atoms in total. The molecule has 0 fully saturated rings. The molecule has 1 heterocycles. The lowest BCUT2D eigenvalue weighted by Crippen LogP contribution is -2.25. The monoisotopic (exact) mass is 167 g/mol. The van der Waals surface area contributed by atoms with Crippen LogP contribution in [0, 0.1) is 5.41 Å². The molecule has 1 heteroatoms. The first-order valence-electron chi connectivity index (χ1n) is 4.88. The highest BCUT2D eigenvalue weighted by Gasteiger charge is 2.19. The third kappa shape index (κ3) is 2.63. The summed E-state index contributed by atoms with van der Waals surface area (Å²) in [6.07, 6.45) is 5.01. The highest BCUT2D eigenvalue weighted by atomic mass is 15.1. The number of hydrogen-bond donors (Lipinski definition) is 0. The van der Waals surface area contributed by atoms with Crippen molar-refractivity contribution in [3.8, 4) is 0 Å². The third-order valence-electron chi connectivity index (χ3n) is 2.54. The van der Waals surface area contributed by atoms with Gasteiger partial charge in [-0.15, -0.1) is 0 Å². The summed E-state index contributed by atoms with van der Waals surface area (Å²) in [7, 11) is 2.21. The summed E-state index contributed by atoms with van der Waals surface area (Å²) in [5.41, 5.74) is 1.96. The highest BCUT2D eigenvalue weighted by Crippen LogP contribution is 2.27. The number of likely N-dealkylation sites (N-methyl/N-ethyl adjacent to an activating group) is 1. The Kier molecular flexibility index (Phi) is 2.94. The highest BCUT2D eigenvalue weighted by molar-refractivity contribution is 5.13. The van der Waals surface area contributed by atoms with E-state index in [2.05, 4.69) is 38.8 Å². The van der Waals surface area contributed by atoms with Gasteiger partial charge in [0.1, 0.15) is 0 Å². The first-order valence-corrected chi connectivity index (χ1v) is 4.88. The second-order valence-electron chi connectivity index (χ2n) is 4.86. The zero-order valence-electron chi connectivity index (χ0n) is 8.85. The number of hydrogen-bond acceptors (Lipinski definition) is 1. The Bertz CT molecular complexity index is 174. The van der Waals surface area contributed by atoms with Crippen LogP contribution in [0.25, 0.3) is 0 Å². The molecule has 70 valence electrons. The second kappa shape index (κ2) is 3.61. The van der Waals surface area contributed by atoms with Gasteiger partial charge >= 0.3 is 0 Å². The Labute approximate surface area is 76.5 Å². The van der Waals surface area contributed by atoms with Crippen molar-refractivity contribution in [3.63, 3.8) is 0 Å². The van der Waals surface area contributed by atoms with Crippen molar-refractivity contribution in [3.05, 3.63) is 11.6 Å². The van der Waals surface area contributed by atoms with E-state index in [1.165, 1.54) is 19.4 Å². The summed E-state index contributed by atoms with van der Waals surface area (Å²) < 4.78 is 0. The van der Waals surface area contributed by atoms with Gasteiger partial charge in [0.2, 0.25) is 0 Å². The molecule has 0 saturated heterocycles. The first kappa shape index (κ1) is 9.79. The molecule has 0 amide bonds. The third-order valence-corrected chi connectivity index (χ3v) is 2.54. The first-order chi connectivity index (χ1) is 5.50. The Hall–Kier alpha value is -0.300. The second-order valence-corrected chi connectivity index (χ2v) is 4.86. The van der Waals surface area contributed by atoms with E-state index in [0.717, 1.165) is 6.54 Å². The maximum absolute atomic E-state index is 2.43. The van der Waals surface area contributed by atoms with E-state index in [1.54, 1.807) is 5.57 Å². The minimum atomic E-state index is 0.360. The molecule has 0 aromatic carbocycles. The van der Waals surface area contributed by atoms with Crippen LogP contribution in [0.15, 0.2) is 11.6 Å². The van der Waals surface area contributed by atoms with Crippen LogP contribution >= 0.6 is 0 Å². The summed E-state index contributed by atoms with van der Waals surface area (Å²) >= 11 is 0. The standard InChI is InChI=1S/C11H21N/c1-11(2,3)10-7-5-6-8-12(4)9-10/h7H,5-6,8-9H2,1-4H3. The van der Waals surface area contributed by atoms with Crippen molar-refractivity contribution >= 4 is 0 Å². The number of rotatable bonds is 0. The molecule has 0 radical (unpaired) electrons. The van der Waals surface area contributed by atoms with Crippen molar-refractivity contribution in [2.45, 2.75) is 33.6 Å². The molecule has 0 unspecified atom stereocenters. The quantitative estimate of drug-likeness (QED) is 0.501. The average molecular weight is 167 g/mol. The largest absolute Gasteiger partial charge is 0.302 e. The van der Waals surface area contributed by atoms with Crippen LogP contribution in [0.5, 0.6) is 0 Å². The van der Waals surface area contributed by atoms with E-state index < -0.39 is 0 Å². The van der Waals surface area contributed by atoms with Gasteiger partial charge in [-0.25, -0.2) is 0 Å². The van der Waals surface area contributed by atoms with E-state index in [-0.39, 0.29) is 0 Å². The molecule has 1 rings (SSSR count). The fourth-order valence-electron chi connectivity index (χ4n) is 1.62. The minimum absolute atomic E-state index is 0.360. The Balaban J connectivity index is 2.68. The predicted octanol–water partition coefficient (Wildman–Crippen LogP) is 2.68. The number of nitrogens with zero attached hydrogens (tertiary/aromatic N) is 1. The van der Waals surface area contributed by atoms with E-state index in [0.29, 0.717) is 5.41 Å². The van der Waals surface area contributed by atoms with Gasteiger partial charge in [0.15, 0.2) is 0 Å². The van der Waals surface area contributed by atoms with E-state index in [1.807, 2.05) is 0 Å². The maximum atomic E-state index is 2.43. The zero-order chi connectivity index (χ0) is 9.19. The van der Waals surface area contributed by atoms with Crippen molar-refractivity contribution < 1.29 is 0 Å². The zero-order valence-corrected chi connectivity index (χ0v) is 8.85. The molecule has 0 saturated carbocycles. The number of allylic oxidation sites excluding steroid dienone is 1. The predicted molar refractivity (Wildman–Crippen MR) is 54.3 cm³/mol. The Morgan fingerprint density at radius 2 is 2.00 bits per heavy atom. The topological polar surface area (TPSA) is 3.24 Å². The fraction of sp³-hybridized carbons (Fsp3) is 0.818. The SMILES string of the molecule is CN1CCCC=C(C(C)(C)C)C1. The van der Waals surface area contributed by atoms with Gasteiger partial charge in [-0.3, -0.25) is 0 Å². The molecular formula is C11H21N. The van der Waals surface area contributed by atoms with Gasteiger partial charge in [0.25, 0.3) is 0 Å². The smallest absolute Gasteiger partial charge is 0.0195 e. The van der Waals surface area contributed by atoms with E-state index >= 15 is 0 Å². The van der Waals surface area contributed by atoms with Crippen molar-refractivity contribution in [1.82, 2.24) is 4.90 Å². The molecule has 0 aromatic heterocycles. The molecule has 1 aliphatic heterocycles. The van der Waals surface area contributed by atoms with Crippen LogP contribution in [0.4, 0.5) is 0 Å².